The number of hydrogen-bond donors (Lipinski definition) is 1. The van der Waals surface area contributed by atoms with E-state index in [4.69, 9.17) is 14.4 Å². The smallest absolute Gasteiger partial charge is 0.159 e. The lowest BCUT2D eigenvalue weighted by molar-refractivity contribution is 0.668. The van der Waals surface area contributed by atoms with Gasteiger partial charge in [0, 0.05) is 63.8 Å². The van der Waals surface area contributed by atoms with Crippen LogP contribution >= 0.6 is 11.3 Å². The van der Waals surface area contributed by atoms with E-state index in [1.165, 1.54) is 63.5 Å². The third kappa shape index (κ3) is 5.16. The normalized spacial score (nSPS) is 14.5. The molecule has 1 N–H and O–H groups in total. The summed E-state index contributed by atoms with van der Waals surface area (Å²) in [6, 6.07) is 69.7. The van der Waals surface area contributed by atoms with Crippen LogP contribution in [0.3, 0.4) is 0 Å². The molecule has 6 heteroatoms. The number of nitrogens with one attached hydrogen (secondary N) is 1. The second kappa shape index (κ2) is 13.2. The van der Waals surface area contributed by atoms with Gasteiger partial charge in [-0.15, -0.1) is 11.3 Å². The zero-order valence-corrected chi connectivity index (χ0v) is 34.5. The first-order valence-corrected chi connectivity index (χ1v) is 22.2. The van der Waals surface area contributed by atoms with Gasteiger partial charge in [0.2, 0.25) is 0 Å². The summed E-state index contributed by atoms with van der Waals surface area (Å²) >= 11 is 1.82. The minimum Gasteiger partial charge on any atom is -0.456 e. The maximum atomic E-state index is 6.76. The van der Waals surface area contributed by atoms with Crippen LogP contribution in [-0.4, -0.2) is 16.2 Å². The zero-order chi connectivity index (χ0) is 41.2. The number of furan rings is 1. The summed E-state index contributed by atoms with van der Waals surface area (Å²) in [5.74, 6) is 1.45. The number of hydrogen-bond acceptors (Lipinski definition) is 5. The van der Waals surface area contributed by atoms with Gasteiger partial charge in [-0.05, 0) is 81.5 Å². The molecule has 13 aromatic rings. The van der Waals surface area contributed by atoms with E-state index in [1.807, 2.05) is 29.5 Å². The molecule has 0 amide bonds. The van der Waals surface area contributed by atoms with Crippen LogP contribution in [0, 0.1) is 0 Å². The van der Waals surface area contributed by atoms with Crippen molar-refractivity contribution in [3.8, 4) is 5.69 Å². The largest absolute Gasteiger partial charge is 0.456 e. The van der Waals surface area contributed by atoms with Crippen LogP contribution in [0.1, 0.15) is 22.9 Å². The summed E-state index contributed by atoms with van der Waals surface area (Å²) in [6.45, 7) is 0. The van der Waals surface area contributed by atoms with E-state index in [-0.39, 0.29) is 6.17 Å². The fourth-order valence-corrected chi connectivity index (χ4v) is 11.4. The first-order valence-electron chi connectivity index (χ1n) is 21.3. The maximum absolute atomic E-state index is 6.76. The highest BCUT2D eigenvalue weighted by molar-refractivity contribution is 7.26. The van der Waals surface area contributed by atoms with Crippen LogP contribution in [0.4, 0.5) is 0 Å². The molecule has 0 aliphatic carbocycles. The highest BCUT2D eigenvalue weighted by Crippen LogP contribution is 2.43. The van der Waals surface area contributed by atoms with Gasteiger partial charge >= 0.3 is 0 Å². The average Bonchev–Trinajstić information content (AvgIpc) is 4.02. The summed E-state index contributed by atoms with van der Waals surface area (Å²) in [6.07, 6.45) is -0.372. The molecule has 0 radical (unpaired) electrons. The van der Waals surface area contributed by atoms with Crippen molar-refractivity contribution in [1.29, 1.82) is 0 Å². The molecule has 0 bridgehead atoms. The Labute approximate surface area is 364 Å². The van der Waals surface area contributed by atoms with E-state index in [0.717, 1.165) is 60.9 Å². The van der Waals surface area contributed by atoms with E-state index >= 15 is 0 Å². The standard InChI is InChI=1S/C57H34N4OS/c1-2-13-33(14-3-1)55-58-56(60-57(59-55)43-23-10-21-41-39-19-8-9-26-51(39)63-54(41)43)42-22-12-25-49-53(42)52-40-20-11-24-46(38(40)27-28-50(52)62-49)61-47-31-36-17-6-4-15-34(36)29-44(47)45-30-35-16-5-7-18-37(35)32-48(45)61/h1-32,57H,(H,58,59,60). The third-order valence-electron chi connectivity index (χ3n) is 13.0. The fraction of sp³-hybridized carbons (Fsp3) is 0.0175. The van der Waals surface area contributed by atoms with Crippen LogP contribution < -0.4 is 5.32 Å². The van der Waals surface area contributed by atoms with E-state index in [1.54, 1.807) is 0 Å². The van der Waals surface area contributed by atoms with E-state index in [9.17, 15) is 0 Å². The monoisotopic (exact) mass is 822 g/mol. The molecular formula is C57H34N4OS. The Morgan fingerprint density at radius 1 is 0.492 bits per heavy atom. The van der Waals surface area contributed by atoms with Crippen molar-refractivity contribution in [2.75, 3.05) is 0 Å². The number of fused-ring (bicyclic) bond motifs is 13. The van der Waals surface area contributed by atoms with Gasteiger partial charge < -0.3 is 14.3 Å². The first-order chi connectivity index (χ1) is 31.2. The van der Waals surface area contributed by atoms with Crippen molar-refractivity contribution >= 4 is 119 Å². The number of amidine groups is 2. The summed E-state index contributed by atoms with van der Waals surface area (Å²) in [4.78, 5) is 10.7. The molecule has 0 fully saturated rings. The minimum absolute atomic E-state index is 0.372. The predicted molar refractivity (Wildman–Crippen MR) is 265 cm³/mol. The Morgan fingerprint density at radius 2 is 1.13 bits per heavy atom. The molecule has 3 aromatic heterocycles. The van der Waals surface area contributed by atoms with Gasteiger partial charge in [0.05, 0.1) is 16.7 Å². The quantitative estimate of drug-likeness (QED) is 0.192. The molecule has 4 heterocycles. The van der Waals surface area contributed by atoms with Crippen molar-refractivity contribution in [1.82, 2.24) is 9.88 Å². The molecule has 1 atom stereocenters. The Hall–Kier alpha value is -8.06. The average molecular weight is 823 g/mol. The lowest BCUT2D eigenvalue weighted by Crippen LogP contribution is -2.33. The lowest BCUT2D eigenvalue weighted by atomic mass is 9.98. The van der Waals surface area contributed by atoms with Crippen molar-refractivity contribution in [2.45, 2.75) is 6.17 Å². The third-order valence-corrected chi connectivity index (χ3v) is 14.2. The Morgan fingerprint density at radius 3 is 1.90 bits per heavy atom. The molecule has 0 saturated heterocycles. The second-order valence-corrected chi connectivity index (χ2v) is 17.6. The zero-order valence-electron chi connectivity index (χ0n) is 33.7. The van der Waals surface area contributed by atoms with Crippen LogP contribution in [0.5, 0.6) is 0 Å². The Kier molecular flexibility index (Phi) is 7.27. The number of aliphatic imine (C=N–C) groups is 2. The lowest BCUT2D eigenvalue weighted by Gasteiger charge is -2.24. The second-order valence-electron chi connectivity index (χ2n) is 16.5. The maximum Gasteiger partial charge on any atom is 0.159 e. The molecule has 63 heavy (non-hydrogen) atoms. The molecule has 1 aliphatic heterocycles. The number of aromatic nitrogens is 1. The van der Waals surface area contributed by atoms with Gasteiger partial charge in [-0.1, -0.05) is 140 Å². The SMILES string of the molecule is c1ccc(C2=NC(c3cccc4c3sc3ccccc34)NC(c3cccc4oc5ccc6c(-n7c8cc9ccccc9cc8c8cc9ccccc9cc87)cccc6c5c34)=N2)cc1. The molecule has 294 valence electrons. The first kappa shape index (κ1) is 34.6. The fourth-order valence-electron chi connectivity index (χ4n) is 10.1. The number of thiophene rings is 1. The number of benzene rings is 10. The predicted octanol–water partition coefficient (Wildman–Crippen LogP) is 15.0. The van der Waals surface area contributed by atoms with Gasteiger partial charge in [-0.3, -0.25) is 0 Å². The van der Waals surface area contributed by atoms with Crippen molar-refractivity contribution < 1.29 is 4.42 Å². The van der Waals surface area contributed by atoms with Crippen LogP contribution in [0.25, 0.3) is 102 Å². The molecule has 5 nitrogen and oxygen atoms in total. The topological polar surface area (TPSA) is 54.8 Å². The van der Waals surface area contributed by atoms with E-state index < -0.39 is 0 Å². The highest BCUT2D eigenvalue weighted by Gasteiger charge is 2.27. The molecule has 1 aliphatic rings. The Bertz CT molecular complexity index is 4040. The van der Waals surface area contributed by atoms with Crippen molar-refractivity contribution in [3.63, 3.8) is 0 Å². The molecule has 0 spiro atoms. The van der Waals surface area contributed by atoms with Crippen LogP contribution in [0.15, 0.2) is 209 Å². The van der Waals surface area contributed by atoms with Gasteiger partial charge in [-0.25, -0.2) is 9.98 Å². The highest BCUT2D eigenvalue weighted by atomic mass is 32.1. The molecule has 10 aromatic carbocycles. The van der Waals surface area contributed by atoms with Crippen molar-refractivity contribution in [3.05, 3.63) is 211 Å². The molecule has 14 rings (SSSR count). The minimum atomic E-state index is -0.372. The van der Waals surface area contributed by atoms with Crippen LogP contribution in [-0.2, 0) is 0 Å². The van der Waals surface area contributed by atoms with Gasteiger partial charge in [-0.2, -0.15) is 0 Å². The van der Waals surface area contributed by atoms with Gasteiger partial charge in [0.1, 0.15) is 23.2 Å². The van der Waals surface area contributed by atoms with Crippen LogP contribution in [0.2, 0.25) is 0 Å². The van der Waals surface area contributed by atoms with E-state index in [0.29, 0.717) is 5.84 Å². The summed E-state index contributed by atoms with van der Waals surface area (Å²) in [7, 11) is 0. The summed E-state index contributed by atoms with van der Waals surface area (Å²) in [5.41, 5.74) is 8.19. The van der Waals surface area contributed by atoms with E-state index in [2.05, 4.69) is 186 Å². The Balaban J connectivity index is 1.01. The summed E-state index contributed by atoms with van der Waals surface area (Å²) < 4.78 is 11.7. The number of nitrogens with zero attached hydrogens (tertiary/aromatic N) is 3. The number of rotatable bonds is 4. The molecule has 1 unspecified atom stereocenters. The molecule has 0 saturated carbocycles. The molecular weight excluding hydrogens is 789 g/mol. The van der Waals surface area contributed by atoms with Crippen molar-refractivity contribution in [2.24, 2.45) is 9.98 Å². The summed E-state index contributed by atoms with van der Waals surface area (Å²) in [5, 5.41) is 18.1. The van der Waals surface area contributed by atoms with Gasteiger partial charge in [0.25, 0.3) is 0 Å². The van der Waals surface area contributed by atoms with Gasteiger partial charge in [0.15, 0.2) is 5.84 Å².